The predicted molar refractivity (Wildman–Crippen MR) is 83.8 cm³/mol. The van der Waals surface area contributed by atoms with E-state index in [1.54, 1.807) is 0 Å². The van der Waals surface area contributed by atoms with Gasteiger partial charge in [-0.1, -0.05) is 0 Å². The molecule has 1 aliphatic rings. The first-order valence-corrected chi connectivity index (χ1v) is 7.12. The van der Waals surface area contributed by atoms with E-state index >= 15 is 0 Å². The Hall–Kier alpha value is -1.81. The van der Waals surface area contributed by atoms with Gasteiger partial charge in [0, 0.05) is 42.6 Å². The molecule has 1 saturated heterocycles. The minimum Gasteiger partial charge on any atom is -0.387 e. The molecule has 1 aromatic carbocycles. The summed E-state index contributed by atoms with van der Waals surface area (Å²) in [7, 11) is 1.97. The molecule has 0 bridgehead atoms. The van der Waals surface area contributed by atoms with Crippen molar-refractivity contribution in [3.05, 3.63) is 29.5 Å². The predicted octanol–water partition coefficient (Wildman–Crippen LogP) is 2.73. The third-order valence-electron chi connectivity index (χ3n) is 4.08. The van der Waals surface area contributed by atoms with Gasteiger partial charge in [0.1, 0.15) is 0 Å². The fraction of sp³-hybridized carbons (Fsp3) is 0.438. The summed E-state index contributed by atoms with van der Waals surface area (Å²) in [5, 5.41) is 4.52. The van der Waals surface area contributed by atoms with Crippen molar-refractivity contribution >= 4 is 22.3 Å². The molecule has 0 saturated carbocycles. The second kappa shape index (κ2) is 5.29. The van der Waals surface area contributed by atoms with Gasteiger partial charge >= 0.3 is 0 Å². The standard InChI is InChI=1S/C16H21N3O/c1-11-12(2)18-15-5-4-13(10-14(15)16(11)17-3)19-6-8-20-9-7-19/h4-5,10H,6-9H2,1-3H3,(H,17,18). The van der Waals surface area contributed by atoms with Gasteiger partial charge < -0.3 is 15.0 Å². The molecular weight excluding hydrogens is 250 g/mol. The molecule has 2 heterocycles. The molecular formula is C16H21N3O. The number of hydrogen-bond acceptors (Lipinski definition) is 4. The monoisotopic (exact) mass is 271 g/mol. The number of hydrogen-bond donors (Lipinski definition) is 1. The van der Waals surface area contributed by atoms with E-state index < -0.39 is 0 Å². The highest BCUT2D eigenvalue weighted by molar-refractivity contribution is 5.95. The van der Waals surface area contributed by atoms with Crippen molar-refractivity contribution in [1.82, 2.24) is 4.98 Å². The summed E-state index contributed by atoms with van der Waals surface area (Å²) in [4.78, 5) is 7.06. The summed E-state index contributed by atoms with van der Waals surface area (Å²) in [5.74, 6) is 0. The molecule has 1 fully saturated rings. The molecule has 1 aromatic heterocycles. The van der Waals surface area contributed by atoms with E-state index in [1.165, 1.54) is 22.3 Å². The fourth-order valence-electron chi connectivity index (χ4n) is 2.81. The Balaban J connectivity index is 2.11. The first-order chi connectivity index (χ1) is 9.70. The summed E-state index contributed by atoms with van der Waals surface area (Å²) < 4.78 is 5.42. The molecule has 0 amide bonds. The maximum absolute atomic E-state index is 5.42. The summed E-state index contributed by atoms with van der Waals surface area (Å²) in [6, 6.07) is 6.52. The lowest BCUT2D eigenvalue weighted by Gasteiger charge is -2.29. The highest BCUT2D eigenvalue weighted by atomic mass is 16.5. The van der Waals surface area contributed by atoms with Gasteiger partial charge in [-0.25, -0.2) is 0 Å². The van der Waals surface area contributed by atoms with Crippen LogP contribution >= 0.6 is 0 Å². The largest absolute Gasteiger partial charge is 0.387 e. The highest BCUT2D eigenvalue weighted by Gasteiger charge is 2.14. The molecule has 4 nitrogen and oxygen atoms in total. The van der Waals surface area contributed by atoms with E-state index in [-0.39, 0.29) is 0 Å². The number of anilines is 2. The normalized spacial score (nSPS) is 15.7. The number of aromatic nitrogens is 1. The number of benzene rings is 1. The Morgan fingerprint density at radius 2 is 1.95 bits per heavy atom. The van der Waals surface area contributed by atoms with E-state index in [2.05, 4.69) is 47.2 Å². The molecule has 0 aliphatic carbocycles. The van der Waals surface area contributed by atoms with Crippen LogP contribution in [0.25, 0.3) is 10.9 Å². The van der Waals surface area contributed by atoms with Crippen LogP contribution in [-0.4, -0.2) is 38.3 Å². The van der Waals surface area contributed by atoms with Crippen molar-refractivity contribution < 1.29 is 4.74 Å². The van der Waals surface area contributed by atoms with Crippen LogP contribution in [0.5, 0.6) is 0 Å². The van der Waals surface area contributed by atoms with Crippen molar-refractivity contribution in [2.45, 2.75) is 13.8 Å². The second-order valence-electron chi connectivity index (χ2n) is 5.25. The molecule has 1 aliphatic heterocycles. The number of aryl methyl sites for hydroxylation is 1. The average Bonchev–Trinajstić information content (AvgIpc) is 2.49. The van der Waals surface area contributed by atoms with Crippen LogP contribution in [0.3, 0.4) is 0 Å². The molecule has 3 rings (SSSR count). The van der Waals surface area contributed by atoms with E-state index in [0.717, 1.165) is 37.5 Å². The van der Waals surface area contributed by atoms with E-state index in [1.807, 2.05) is 7.05 Å². The van der Waals surface area contributed by atoms with E-state index in [4.69, 9.17) is 4.74 Å². The highest BCUT2D eigenvalue weighted by Crippen LogP contribution is 2.31. The number of pyridine rings is 1. The van der Waals surface area contributed by atoms with Gasteiger partial charge in [0.15, 0.2) is 0 Å². The lowest BCUT2D eigenvalue weighted by Crippen LogP contribution is -2.36. The van der Waals surface area contributed by atoms with Gasteiger partial charge in [0.05, 0.1) is 18.7 Å². The maximum atomic E-state index is 5.42. The first-order valence-electron chi connectivity index (χ1n) is 7.12. The molecule has 2 aromatic rings. The lowest BCUT2D eigenvalue weighted by molar-refractivity contribution is 0.122. The molecule has 0 spiro atoms. The minimum absolute atomic E-state index is 0.808. The van der Waals surface area contributed by atoms with Crippen LogP contribution in [0, 0.1) is 13.8 Å². The zero-order valence-electron chi connectivity index (χ0n) is 12.4. The number of rotatable bonds is 2. The van der Waals surface area contributed by atoms with Crippen LogP contribution < -0.4 is 10.2 Å². The number of nitrogens with zero attached hydrogens (tertiary/aromatic N) is 2. The zero-order valence-corrected chi connectivity index (χ0v) is 12.4. The SMILES string of the molecule is CNc1c(C)c(C)nc2ccc(N3CCOCC3)cc12. The molecule has 0 atom stereocenters. The Labute approximate surface area is 119 Å². The molecule has 20 heavy (non-hydrogen) atoms. The molecule has 0 radical (unpaired) electrons. The first kappa shape index (κ1) is 13.2. The van der Waals surface area contributed by atoms with Crippen molar-refractivity contribution in [2.24, 2.45) is 0 Å². The Morgan fingerprint density at radius 3 is 2.65 bits per heavy atom. The summed E-state index contributed by atoms with van der Waals surface area (Å²) in [5.41, 5.74) is 5.79. The maximum Gasteiger partial charge on any atom is 0.0727 e. The van der Waals surface area contributed by atoms with Crippen LogP contribution in [0.2, 0.25) is 0 Å². The number of nitrogens with one attached hydrogen (secondary N) is 1. The van der Waals surface area contributed by atoms with Crippen LogP contribution in [0.15, 0.2) is 18.2 Å². The zero-order chi connectivity index (χ0) is 14.1. The quantitative estimate of drug-likeness (QED) is 0.911. The number of morpholine rings is 1. The fourth-order valence-corrected chi connectivity index (χ4v) is 2.81. The average molecular weight is 271 g/mol. The van der Waals surface area contributed by atoms with Crippen molar-refractivity contribution in [3.8, 4) is 0 Å². The third-order valence-corrected chi connectivity index (χ3v) is 4.08. The summed E-state index contributed by atoms with van der Waals surface area (Å²) in [6.45, 7) is 7.71. The Kier molecular flexibility index (Phi) is 3.49. The van der Waals surface area contributed by atoms with Gasteiger partial charge in [0.25, 0.3) is 0 Å². The van der Waals surface area contributed by atoms with Crippen molar-refractivity contribution in [1.29, 1.82) is 0 Å². The van der Waals surface area contributed by atoms with E-state index in [0.29, 0.717) is 0 Å². The third kappa shape index (κ3) is 2.20. The van der Waals surface area contributed by atoms with Gasteiger partial charge in [0.2, 0.25) is 0 Å². The van der Waals surface area contributed by atoms with Crippen LogP contribution in [0.1, 0.15) is 11.3 Å². The van der Waals surface area contributed by atoms with Crippen LogP contribution in [0.4, 0.5) is 11.4 Å². The molecule has 4 heteroatoms. The molecule has 0 unspecified atom stereocenters. The Bertz CT molecular complexity index is 633. The minimum atomic E-state index is 0.808. The van der Waals surface area contributed by atoms with E-state index in [9.17, 15) is 0 Å². The summed E-state index contributed by atoms with van der Waals surface area (Å²) >= 11 is 0. The molecule has 106 valence electrons. The Morgan fingerprint density at radius 1 is 1.20 bits per heavy atom. The van der Waals surface area contributed by atoms with Crippen molar-refractivity contribution in [3.63, 3.8) is 0 Å². The smallest absolute Gasteiger partial charge is 0.0727 e. The number of fused-ring (bicyclic) bond motifs is 1. The van der Waals surface area contributed by atoms with Gasteiger partial charge in [-0.2, -0.15) is 0 Å². The second-order valence-corrected chi connectivity index (χ2v) is 5.25. The lowest BCUT2D eigenvalue weighted by atomic mass is 10.1. The topological polar surface area (TPSA) is 37.4 Å². The summed E-state index contributed by atoms with van der Waals surface area (Å²) in [6.07, 6.45) is 0. The van der Waals surface area contributed by atoms with Gasteiger partial charge in [-0.05, 0) is 37.6 Å². The van der Waals surface area contributed by atoms with Crippen LogP contribution in [-0.2, 0) is 4.74 Å². The van der Waals surface area contributed by atoms with Gasteiger partial charge in [-0.3, -0.25) is 4.98 Å². The molecule has 1 N–H and O–H groups in total. The van der Waals surface area contributed by atoms with Crippen molar-refractivity contribution in [2.75, 3.05) is 43.6 Å². The van der Waals surface area contributed by atoms with Gasteiger partial charge in [-0.15, -0.1) is 0 Å². The number of ether oxygens (including phenoxy) is 1.